The van der Waals surface area contributed by atoms with E-state index in [1.807, 2.05) is 60.8 Å². The molecule has 5 rings (SSSR count). The second-order valence-corrected chi connectivity index (χ2v) is 6.71. The molecule has 0 spiro atoms. The molecule has 0 amide bonds. The molecule has 2 aromatic carbocycles. The van der Waals surface area contributed by atoms with Gasteiger partial charge in [0.15, 0.2) is 17.1 Å². The maximum Gasteiger partial charge on any atom is 0.165 e. The van der Waals surface area contributed by atoms with Crippen molar-refractivity contribution in [3.8, 4) is 22.6 Å². The first-order valence-electron chi connectivity index (χ1n) is 9.44. The van der Waals surface area contributed by atoms with Crippen molar-refractivity contribution in [1.82, 2.24) is 19.6 Å². The number of fused-ring (bicyclic) bond motifs is 2. The quantitative estimate of drug-likeness (QED) is 0.463. The van der Waals surface area contributed by atoms with Crippen LogP contribution in [0.4, 0.5) is 11.5 Å². The molecule has 0 bridgehead atoms. The van der Waals surface area contributed by atoms with Gasteiger partial charge in [0, 0.05) is 29.0 Å². The van der Waals surface area contributed by atoms with Crippen LogP contribution in [0.1, 0.15) is 0 Å². The summed E-state index contributed by atoms with van der Waals surface area (Å²) in [6, 6.07) is 17.6. The highest BCUT2D eigenvalue weighted by atomic mass is 16.5. The molecule has 0 radical (unpaired) electrons. The minimum Gasteiger partial charge on any atom is -0.493 e. The van der Waals surface area contributed by atoms with Crippen LogP contribution < -0.4 is 14.8 Å². The second-order valence-electron chi connectivity index (χ2n) is 6.71. The molecule has 0 aliphatic carbocycles. The normalized spacial score (nSPS) is 11.0. The molecule has 1 N–H and O–H groups in total. The zero-order chi connectivity index (χ0) is 20.5. The van der Waals surface area contributed by atoms with Gasteiger partial charge in [0.1, 0.15) is 5.82 Å². The number of anilines is 2. The van der Waals surface area contributed by atoms with Crippen LogP contribution in [-0.4, -0.2) is 33.8 Å². The molecular weight excluding hydrogens is 378 g/mol. The Morgan fingerprint density at radius 2 is 1.83 bits per heavy atom. The first kappa shape index (κ1) is 17.9. The van der Waals surface area contributed by atoms with Crippen molar-refractivity contribution < 1.29 is 9.47 Å². The van der Waals surface area contributed by atoms with Gasteiger partial charge in [-0.1, -0.05) is 12.1 Å². The van der Waals surface area contributed by atoms with E-state index in [2.05, 4.69) is 15.4 Å². The molecule has 0 atom stereocenters. The van der Waals surface area contributed by atoms with Gasteiger partial charge in [-0.15, -0.1) is 0 Å². The summed E-state index contributed by atoms with van der Waals surface area (Å²) in [6.07, 6.45) is 5.48. The first-order valence-corrected chi connectivity index (χ1v) is 9.44. The number of hydrogen-bond donors (Lipinski definition) is 1. The monoisotopic (exact) mass is 397 g/mol. The molecule has 0 saturated heterocycles. The zero-order valence-electron chi connectivity index (χ0n) is 16.5. The Balaban J connectivity index is 1.57. The molecule has 0 unspecified atom stereocenters. The number of aromatic nitrogens is 4. The third kappa shape index (κ3) is 3.06. The number of rotatable bonds is 5. The zero-order valence-corrected chi connectivity index (χ0v) is 16.5. The van der Waals surface area contributed by atoms with E-state index in [-0.39, 0.29) is 0 Å². The number of benzene rings is 2. The van der Waals surface area contributed by atoms with E-state index < -0.39 is 0 Å². The van der Waals surface area contributed by atoms with Gasteiger partial charge in [0.05, 0.1) is 25.9 Å². The van der Waals surface area contributed by atoms with Gasteiger partial charge in [-0.3, -0.25) is 4.98 Å². The highest BCUT2D eigenvalue weighted by Crippen LogP contribution is 2.34. The molecular formula is C23H19N5O2. The molecule has 7 heteroatoms. The number of ether oxygens (including phenoxy) is 2. The standard InChI is InChI=1S/C23H19N5O2/c1-29-20-9-8-15(13-21(20)30-2)17-14-25-28-12-10-22(27-23(17)28)26-19-7-3-6-18-16(19)5-4-11-24-18/h3-14H,1-2H3,(H,26,27). The van der Waals surface area contributed by atoms with Gasteiger partial charge in [0.2, 0.25) is 0 Å². The molecule has 0 aliphatic rings. The molecule has 7 nitrogen and oxygen atoms in total. The Hall–Kier alpha value is -4.13. The summed E-state index contributed by atoms with van der Waals surface area (Å²) in [7, 11) is 3.24. The number of nitrogens with zero attached hydrogens (tertiary/aromatic N) is 4. The Morgan fingerprint density at radius 1 is 0.933 bits per heavy atom. The highest BCUT2D eigenvalue weighted by molar-refractivity contribution is 5.92. The van der Waals surface area contributed by atoms with Gasteiger partial charge >= 0.3 is 0 Å². The minimum atomic E-state index is 0.659. The van der Waals surface area contributed by atoms with Gasteiger partial charge in [-0.05, 0) is 48.0 Å². The molecule has 3 heterocycles. The molecule has 30 heavy (non-hydrogen) atoms. The van der Waals surface area contributed by atoms with E-state index in [1.54, 1.807) is 31.1 Å². The van der Waals surface area contributed by atoms with E-state index in [4.69, 9.17) is 14.5 Å². The van der Waals surface area contributed by atoms with Crippen molar-refractivity contribution in [3.05, 3.63) is 73.2 Å². The molecule has 0 saturated carbocycles. The van der Waals surface area contributed by atoms with Gasteiger partial charge < -0.3 is 14.8 Å². The van der Waals surface area contributed by atoms with E-state index >= 15 is 0 Å². The van der Waals surface area contributed by atoms with Crippen LogP contribution in [0.25, 0.3) is 27.7 Å². The van der Waals surface area contributed by atoms with Crippen molar-refractivity contribution in [2.24, 2.45) is 0 Å². The van der Waals surface area contributed by atoms with Crippen LogP contribution in [-0.2, 0) is 0 Å². The van der Waals surface area contributed by atoms with E-state index in [0.717, 1.165) is 39.2 Å². The van der Waals surface area contributed by atoms with Gasteiger partial charge in [0.25, 0.3) is 0 Å². The smallest absolute Gasteiger partial charge is 0.165 e. The van der Waals surface area contributed by atoms with E-state index in [9.17, 15) is 0 Å². The summed E-state index contributed by atoms with van der Waals surface area (Å²) in [4.78, 5) is 9.22. The Morgan fingerprint density at radius 3 is 2.70 bits per heavy atom. The summed E-state index contributed by atoms with van der Waals surface area (Å²) >= 11 is 0. The maximum absolute atomic E-state index is 5.44. The molecule has 148 valence electrons. The van der Waals surface area contributed by atoms with Crippen molar-refractivity contribution in [1.29, 1.82) is 0 Å². The van der Waals surface area contributed by atoms with Crippen molar-refractivity contribution in [3.63, 3.8) is 0 Å². The maximum atomic E-state index is 5.44. The largest absolute Gasteiger partial charge is 0.493 e. The SMILES string of the molecule is COc1ccc(-c2cnn3ccc(Nc4cccc5ncccc45)nc23)cc1OC. The Bertz CT molecular complexity index is 1360. The van der Waals surface area contributed by atoms with Crippen molar-refractivity contribution >= 4 is 28.1 Å². The predicted octanol–water partition coefficient (Wildman–Crippen LogP) is 4.71. The summed E-state index contributed by atoms with van der Waals surface area (Å²) in [5.41, 5.74) is 4.47. The minimum absolute atomic E-state index is 0.659. The number of hydrogen-bond acceptors (Lipinski definition) is 6. The van der Waals surface area contributed by atoms with Gasteiger partial charge in [-0.25, -0.2) is 9.50 Å². The van der Waals surface area contributed by atoms with Crippen LogP contribution >= 0.6 is 0 Å². The number of nitrogens with one attached hydrogen (secondary N) is 1. The number of pyridine rings is 1. The predicted molar refractivity (Wildman–Crippen MR) is 117 cm³/mol. The summed E-state index contributed by atoms with van der Waals surface area (Å²) in [5, 5.41) is 8.88. The third-order valence-electron chi connectivity index (χ3n) is 4.97. The average molecular weight is 397 g/mol. The Labute approximate surface area is 172 Å². The lowest BCUT2D eigenvalue weighted by Gasteiger charge is -2.10. The lowest BCUT2D eigenvalue weighted by Crippen LogP contribution is -1.98. The summed E-state index contributed by atoms with van der Waals surface area (Å²) < 4.78 is 12.5. The lowest BCUT2D eigenvalue weighted by molar-refractivity contribution is 0.355. The van der Waals surface area contributed by atoms with Crippen LogP contribution in [0.2, 0.25) is 0 Å². The molecule has 5 aromatic rings. The second kappa shape index (κ2) is 7.36. The third-order valence-corrected chi connectivity index (χ3v) is 4.97. The topological polar surface area (TPSA) is 73.6 Å². The number of methoxy groups -OCH3 is 2. The van der Waals surface area contributed by atoms with Crippen LogP contribution in [0, 0.1) is 0 Å². The fraction of sp³-hybridized carbons (Fsp3) is 0.0870. The molecule has 3 aromatic heterocycles. The lowest BCUT2D eigenvalue weighted by atomic mass is 10.1. The van der Waals surface area contributed by atoms with Crippen LogP contribution in [0.5, 0.6) is 11.5 Å². The van der Waals surface area contributed by atoms with Crippen LogP contribution in [0.15, 0.2) is 73.2 Å². The van der Waals surface area contributed by atoms with E-state index in [0.29, 0.717) is 11.5 Å². The van der Waals surface area contributed by atoms with Crippen molar-refractivity contribution in [2.45, 2.75) is 0 Å². The first-order chi connectivity index (χ1) is 14.8. The van der Waals surface area contributed by atoms with Crippen LogP contribution in [0.3, 0.4) is 0 Å². The molecule has 0 fully saturated rings. The highest BCUT2D eigenvalue weighted by Gasteiger charge is 2.13. The van der Waals surface area contributed by atoms with Gasteiger partial charge in [-0.2, -0.15) is 5.10 Å². The Kier molecular flexibility index (Phi) is 4.40. The summed E-state index contributed by atoms with van der Waals surface area (Å²) in [5.74, 6) is 2.06. The summed E-state index contributed by atoms with van der Waals surface area (Å²) in [6.45, 7) is 0. The van der Waals surface area contributed by atoms with Crippen molar-refractivity contribution in [2.75, 3.05) is 19.5 Å². The average Bonchev–Trinajstić information content (AvgIpc) is 3.22. The van der Waals surface area contributed by atoms with E-state index in [1.165, 1.54) is 0 Å². The fourth-order valence-corrected chi connectivity index (χ4v) is 3.50. The fourth-order valence-electron chi connectivity index (χ4n) is 3.50. The molecule has 0 aliphatic heterocycles.